The summed E-state index contributed by atoms with van der Waals surface area (Å²) < 4.78 is 0. The Labute approximate surface area is 56.1 Å². The van der Waals surface area contributed by atoms with Crippen LogP contribution in [0.2, 0.25) is 0 Å². The maximum absolute atomic E-state index is 5.49. The molecule has 8 heavy (non-hydrogen) atoms. The van der Waals surface area contributed by atoms with Crippen molar-refractivity contribution in [2.24, 2.45) is 11.7 Å². The molecule has 1 aliphatic rings. The predicted octanol–water partition coefficient (Wildman–Crippen LogP) is 0.779. The van der Waals surface area contributed by atoms with Crippen LogP contribution in [0, 0.1) is 18.3 Å². The molecule has 0 spiro atoms. The minimum Gasteiger partial charge on any atom is -0.327 e. The molecule has 1 aliphatic carbocycles. The first-order valence-electron chi connectivity index (χ1n) is 2.56. The molecule has 0 aromatic heterocycles. The monoisotopic (exact) mass is 131 g/mol. The van der Waals surface area contributed by atoms with Gasteiger partial charge in [0.25, 0.3) is 0 Å². The lowest BCUT2D eigenvalue weighted by Gasteiger charge is -2.28. The molecule has 0 saturated heterocycles. The van der Waals surface area contributed by atoms with E-state index in [1.807, 2.05) is 0 Å². The second-order valence-electron chi connectivity index (χ2n) is 2.01. The van der Waals surface area contributed by atoms with Gasteiger partial charge in [-0.2, -0.15) is 0 Å². The van der Waals surface area contributed by atoms with Gasteiger partial charge in [-0.25, -0.2) is 0 Å². The molecule has 1 saturated carbocycles. The van der Waals surface area contributed by atoms with Crippen LogP contribution in [0.3, 0.4) is 0 Å². The molecule has 0 aromatic rings. The summed E-state index contributed by atoms with van der Waals surface area (Å²) in [7, 11) is 0. The molecule has 2 N–H and O–H groups in total. The largest absolute Gasteiger partial charge is 0.327 e. The van der Waals surface area contributed by atoms with Gasteiger partial charge in [-0.1, -0.05) is 0 Å². The number of hydrogen-bond acceptors (Lipinski definition) is 1. The van der Waals surface area contributed by atoms with E-state index in [0.29, 0.717) is 12.0 Å². The smallest absolute Gasteiger partial charge is 0.0352 e. The van der Waals surface area contributed by atoms with Crippen LogP contribution >= 0.6 is 12.4 Å². The third kappa shape index (κ3) is 1.15. The Bertz CT molecular complexity index is 106. The van der Waals surface area contributed by atoms with Crippen molar-refractivity contribution >= 4 is 12.4 Å². The molecule has 1 fully saturated rings. The van der Waals surface area contributed by atoms with Crippen molar-refractivity contribution in [1.29, 1.82) is 0 Å². The average molecular weight is 132 g/mol. The first-order valence-corrected chi connectivity index (χ1v) is 2.56. The second kappa shape index (κ2) is 2.96. The van der Waals surface area contributed by atoms with E-state index in [-0.39, 0.29) is 12.4 Å². The highest BCUT2D eigenvalue weighted by Crippen LogP contribution is 2.23. The van der Waals surface area contributed by atoms with Crippen molar-refractivity contribution < 1.29 is 0 Å². The second-order valence-corrected chi connectivity index (χ2v) is 2.01. The molecular formula is C6H10ClN. The molecule has 2 heteroatoms. The first kappa shape index (κ1) is 7.81. The van der Waals surface area contributed by atoms with Crippen LogP contribution in [0.4, 0.5) is 0 Å². The summed E-state index contributed by atoms with van der Waals surface area (Å²) >= 11 is 0. The van der Waals surface area contributed by atoms with Gasteiger partial charge in [0.15, 0.2) is 0 Å². The third-order valence-corrected chi connectivity index (χ3v) is 1.54. The van der Waals surface area contributed by atoms with Crippen molar-refractivity contribution in [3.63, 3.8) is 0 Å². The van der Waals surface area contributed by atoms with E-state index in [2.05, 4.69) is 5.92 Å². The lowest BCUT2D eigenvalue weighted by atomic mass is 9.81. The van der Waals surface area contributed by atoms with E-state index >= 15 is 0 Å². The summed E-state index contributed by atoms with van der Waals surface area (Å²) in [5.41, 5.74) is 5.49. The van der Waals surface area contributed by atoms with Crippen LogP contribution in [0.5, 0.6) is 0 Å². The van der Waals surface area contributed by atoms with Crippen LogP contribution in [0.1, 0.15) is 12.8 Å². The lowest BCUT2D eigenvalue weighted by molar-refractivity contribution is 0.329. The van der Waals surface area contributed by atoms with Gasteiger partial charge >= 0.3 is 0 Å². The number of terminal acetylenes is 1. The highest BCUT2D eigenvalue weighted by atomic mass is 35.5. The van der Waals surface area contributed by atoms with Gasteiger partial charge < -0.3 is 5.73 Å². The Hall–Kier alpha value is -0.190. The fraction of sp³-hybridized carbons (Fsp3) is 0.667. The number of hydrogen-bond donors (Lipinski definition) is 1. The number of halogens is 1. The van der Waals surface area contributed by atoms with Crippen molar-refractivity contribution in [1.82, 2.24) is 0 Å². The van der Waals surface area contributed by atoms with E-state index in [4.69, 9.17) is 12.2 Å². The fourth-order valence-electron chi connectivity index (χ4n) is 0.733. The molecule has 46 valence electrons. The van der Waals surface area contributed by atoms with Crippen LogP contribution in [0.15, 0.2) is 0 Å². The molecule has 0 bridgehead atoms. The van der Waals surface area contributed by atoms with Crippen LogP contribution in [0.25, 0.3) is 0 Å². The van der Waals surface area contributed by atoms with E-state index < -0.39 is 0 Å². The van der Waals surface area contributed by atoms with Crippen molar-refractivity contribution in [2.75, 3.05) is 0 Å². The molecule has 2 atom stereocenters. The summed E-state index contributed by atoms with van der Waals surface area (Å²) in [6, 6.07) is 0.310. The van der Waals surface area contributed by atoms with Crippen molar-refractivity contribution in [3.05, 3.63) is 0 Å². The summed E-state index contributed by atoms with van der Waals surface area (Å²) in [5, 5.41) is 0. The normalized spacial score (nSPS) is 34.0. The predicted molar refractivity (Wildman–Crippen MR) is 36.8 cm³/mol. The molecule has 0 unspecified atom stereocenters. The summed E-state index contributed by atoms with van der Waals surface area (Å²) in [6.07, 6.45) is 7.35. The highest BCUT2D eigenvalue weighted by molar-refractivity contribution is 5.85. The third-order valence-electron chi connectivity index (χ3n) is 1.54. The zero-order chi connectivity index (χ0) is 5.28. The van der Waals surface area contributed by atoms with E-state index in [9.17, 15) is 0 Å². The van der Waals surface area contributed by atoms with Gasteiger partial charge in [-0.15, -0.1) is 24.8 Å². The van der Waals surface area contributed by atoms with Crippen LogP contribution < -0.4 is 5.73 Å². The van der Waals surface area contributed by atoms with E-state index in [0.717, 1.165) is 12.8 Å². The Morgan fingerprint density at radius 1 is 1.50 bits per heavy atom. The first-order chi connectivity index (χ1) is 3.34. The van der Waals surface area contributed by atoms with Crippen LogP contribution in [-0.2, 0) is 0 Å². The quantitative estimate of drug-likeness (QED) is 0.483. The van der Waals surface area contributed by atoms with Crippen molar-refractivity contribution in [2.45, 2.75) is 18.9 Å². The Balaban J connectivity index is 0.000000490. The molecule has 0 aliphatic heterocycles. The summed E-state index contributed by atoms with van der Waals surface area (Å²) in [5.74, 6) is 3.02. The summed E-state index contributed by atoms with van der Waals surface area (Å²) in [6.45, 7) is 0. The molecule has 0 radical (unpaired) electrons. The zero-order valence-electron chi connectivity index (χ0n) is 4.63. The SMILES string of the molecule is C#C[C@H]1CC[C@H]1N.Cl. The Morgan fingerprint density at radius 2 is 2.12 bits per heavy atom. The average Bonchev–Trinajstić information content (AvgIpc) is 1.65. The molecule has 0 amide bonds. The summed E-state index contributed by atoms with van der Waals surface area (Å²) in [4.78, 5) is 0. The molecule has 1 rings (SSSR count). The van der Waals surface area contributed by atoms with Gasteiger partial charge in [-0.05, 0) is 12.8 Å². The maximum Gasteiger partial charge on any atom is 0.0352 e. The molecule has 0 aromatic carbocycles. The minimum atomic E-state index is 0. The van der Waals surface area contributed by atoms with E-state index in [1.165, 1.54) is 0 Å². The molecule has 1 nitrogen and oxygen atoms in total. The van der Waals surface area contributed by atoms with E-state index in [1.54, 1.807) is 0 Å². The molecule has 0 heterocycles. The zero-order valence-corrected chi connectivity index (χ0v) is 5.45. The van der Waals surface area contributed by atoms with Crippen LogP contribution in [-0.4, -0.2) is 6.04 Å². The minimum absolute atomic E-state index is 0. The van der Waals surface area contributed by atoms with Gasteiger partial charge in [0, 0.05) is 12.0 Å². The number of nitrogens with two attached hydrogens (primary N) is 1. The highest BCUT2D eigenvalue weighted by Gasteiger charge is 2.24. The lowest BCUT2D eigenvalue weighted by Crippen LogP contribution is -2.38. The van der Waals surface area contributed by atoms with Gasteiger partial charge in [0.1, 0.15) is 0 Å². The Kier molecular flexibility index (Phi) is 2.89. The maximum atomic E-state index is 5.49. The van der Waals surface area contributed by atoms with Gasteiger partial charge in [-0.3, -0.25) is 0 Å². The fourth-order valence-corrected chi connectivity index (χ4v) is 0.733. The standard InChI is InChI=1S/C6H9N.ClH/c1-2-5-3-4-6(5)7;/h1,5-6H,3-4,7H2;1H/t5-,6+;/m0./s1. The van der Waals surface area contributed by atoms with Crippen molar-refractivity contribution in [3.8, 4) is 12.3 Å². The molecular weight excluding hydrogens is 122 g/mol. The van der Waals surface area contributed by atoms with Gasteiger partial charge in [0.2, 0.25) is 0 Å². The van der Waals surface area contributed by atoms with Gasteiger partial charge in [0.05, 0.1) is 0 Å². The Morgan fingerprint density at radius 3 is 2.12 bits per heavy atom. The number of rotatable bonds is 0. The topological polar surface area (TPSA) is 26.0 Å².